The van der Waals surface area contributed by atoms with Gasteiger partial charge in [0.1, 0.15) is 5.76 Å². The lowest BCUT2D eigenvalue weighted by atomic mass is 10.0. The van der Waals surface area contributed by atoms with Crippen LogP contribution in [0.25, 0.3) is 0 Å². The van der Waals surface area contributed by atoms with E-state index in [-0.39, 0.29) is 10.8 Å². The van der Waals surface area contributed by atoms with Crippen LogP contribution in [0, 0.1) is 6.92 Å². The first-order chi connectivity index (χ1) is 12.4. The molecule has 0 bridgehead atoms. The zero-order chi connectivity index (χ0) is 18.9. The van der Waals surface area contributed by atoms with Crippen molar-refractivity contribution in [2.24, 2.45) is 0 Å². The number of nitrogens with zero attached hydrogens (tertiary/aromatic N) is 2. The largest absolute Gasteiger partial charge is 0.469 e. The maximum atomic E-state index is 12.9. The molecule has 2 heterocycles. The minimum atomic E-state index is -3.51. The molecule has 1 aromatic carbocycles. The molecule has 0 atom stereocenters. The Balaban J connectivity index is 1.98. The fraction of sp³-hybridized carbons (Fsp3) is 0.421. The first kappa shape index (κ1) is 18.7. The SMILES string of the molecule is CCN(CC)S(=O)(=O)c1ccc2c(c1)CCCN2C(=O)c1ccoc1C. The summed E-state index contributed by atoms with van der Waals surface area (Å²) in [5.74, 6) is 0.472. The standard InChI is InChI=1S/C19H24N2O4S/c1-4-20(5-2)26(23,24)16-8-9-18-15(13-16)7-6-11-21(18)19(22)17-10-12-25-14(17)3/h8-10,12-13H,4-7,11H2,1-3H3. The van der Waals surface area contributed by atoms with E-state index in [1.807, 2.05) is 13.8 Å². The summed E-state index contributed by atoms with van der Waals surface area (Å²) in [6, 6.07) is 6.73. The highest BCUT2D eigenvalue weighted by Gasteiger charge is 2.28. The summed E-state index contributed by atoms with van der Waals surface area (Å²) >= 11 is 0. The van der Waals surface area contributed by atoms with Gasteiger partial charge in [-0.1, -0.05) is 13.8 Å². The van der Waals surface area contributed by atoms with Crippen molar-refractivity contribution in [1.82, 2.24) is 4.31 Å². The number of carbonyl (C=O) groups is 1. The van der Waals surface area contributed by atoms with Gasteiger partial charge in [0.05, 0.1) is 16.7 Å². The molecule has 0 fully saturated rings. The topological polar surface area (TPSA) is 70.8 Å². The van der Waals surface area contributed by atoms with Crippen LogP contribution in [0.2, 0.25) is 0 Å². The van der Waals surface area contributed by atoms with Crippen LogP contribution < -0.4 is 4.90 Å². The van der Waals surface area contributed by atoms with E-state index in [0.717, 1.165) is 24.1 Å². The Bertz CT molecular complexity index is 913. The van der Waals surface area contributed by atoms with E-state index in [1.54, 1.807) is 36.1 Å². The fourth-order valence-corrected chi connectivity index (χ4v) is 4.92. The molecular formula is C19H24N2O4S. The lowest BCUT2D eigenvalue weighted by molar-refractivity contribution is 0.0983. The molecule has 2 aromatic rings. The lowest BCUT2D eigenvalue weighted by Gasteiger charge is -2.30. The molecule has 0 unspecified atom stereocenters. The van der Waals surface area contributed by atoms with E-state index >= 15 is 0 Å². The Morgan fingerprint density at radius 2 is 1.96 bits per heavy atom. The Morgan fingerprint density at radius 3 is 2.58 bits per heavy atom. The minimum Gasteiger partial charge on any atom is -0.469 e. The number of anilines is 1. The van der Waals surface area contributed by atoms with Crippen molar-refractivity contribution in [2.45, 2.75) is 38.5 Å². The van der Waals surface area contributed by atoms with E-state index < -0.39 is 10.0 Å². The molecule has 0 saturated carbocycles. The molecule has 1 aliphatic heterocycles. The quantitative estimate of drug-likeness (QED) is 0.803. The summed E-state index contributed by atoms with van der Waals surface area (Å²) in [6.45, 7) is 6.89. The van der Waals surface area contributed by atoms with Crippen molar-refractivity contribution >= 4 is 21.6 Å². The van der Waals surface area contributed by atoms with Gasteiger partial charge in [0.15, 0.2) is 0 Å². The number of sulfonamides is 1. The normalized spacial score (nSPS) is 14.5. The van der Waals surface area contributed by atoms with Gasteiger partial charge < -0.3 is 9.32 Å². The van der Waals surface area contributed by atoms with E-state index in [9.17, 15) is 13.2 Å². The van der Waals surface area contributed by atoms with Gasteiger partial charge in [-0.15, -0.1) is 0 Å². The van der Waals surface area contributed by atoms with Gasteiger partial charge in [0.2, 0.25) is 10.0 Å². The first-order valence-electron chi connectivity index (χ1n) is 8.89. The average Bonchev–Trinajstić information content (AvgIpc) is 3.07. The number of hydrogen-bond acceptors (Lipinski definition) is 4. The number of carbonyl (C=O) groups excluding carboxylic acids is 1. The summed E-state index contributed by atoms with van der Waals surface area (Å²) in [4.78, 5) is 14.9. The van der Waals surface area contributed by atoms with Crippen molar-refractivity contribution in [2.75, 3.05) is 24.5 Å². The van der Waals surface area contributed by atoms with Crippen molar-refractivity contribution in [1.29, 1.82) is 0 Å². The summed E-state index contributed by atoms with van der Waals surface area (Å²) < 4.78 is 32.2. The zero-order valence-corrected chi connectivity index (χ0v) is 16.2. The van der Waals surface area contributed by atoms with Crippen molar-refractivity contribution in [3.63, 3.8) is 0 Å². The van der Waals surface area contributed by atoms with Gasteiger partial charge in [0, 0.05) is 25.3 Å². The average molecular weight is 376 g/mol. The number of fused-ring (bicyclic) bond motifs is 1. The number of hydrogen-bond donors (Lipinski definition) is 0. The molecule has 1 aliphatic rings. The van der Waals surface area contributed by atoms with Gasteiger partial charge in [-0.2, -0.15) is 4.31 Å². The second kappa shape index (κ2) is 7.25. The third kappa shape index (κ3) is 3.17. The molecule has 26 heavy (non-hydrogen) atoms. The van der Waals surface area contributed by atoms with Crippen LogP contribution in [-0.2, 0) is 16.4 Å². The van der Waals surface area contributed by atoms with Crippen LogP contribution in [0.1, 0.15) is 41.9 Å². The highest BCUT2D eigenvalue weighted by Crippen LogP contribution is 2.32. The molecule has 140 valence electrons. The maximum absolute atomic E-state index is 12.9. The zero-order valence-electron chi connectivity index (χ0n) is 15.4. The van der Waals surface area contributed by atoms with E-state index in [0.29, 0.717) is 31.0 Å². The van der Waals surface area contributed by atoms with Gasteiger partial charge in [-0.3, -0.25) is 4.79 Å². The van der Waals surface area contributed by atoms with Crippen LogP contribution in [0.5, 0.6) is 0 Å². The lowest BCUT2D eigenvalue weighted by Crippen LogP contribution is -2.36. The van der Waals surface area contributed by atoms with Crippen LogP contribution in [-0.4, -0.2) is 38.3 Å². The number of rotatable bonds is 5. The van der Waals surface area contributed by atoms with Crippen molar-refractivity contribution in [3.8, 4) is 0 Å². The molecule has 7 heteroatoms. The number of benzene rings is 1. The summed E-state index contributed by atoms with van der Waals surface area (Å²) in [5, 5.41) is 0. The smallest absolute Gasteiger partial charge is 0.261 e. The van der Waals surface area contributed by atoms with Gasteiger partial charge >= 0.3 is 0 Å². The molecule has 0 saturated heterocycles. The highest BCUT2D eigenvalue weighted by molar-refractivity contribution is 7.89. The predicted molar refractivity (Wildman–Crippen MR) is 100.0 cm³/mol. The first-order valence-corrected chi connectivity index (χ1v) is 10.3. The summed E-state index contributed by atoms with van der Waals surface area (Å²) in [6.07, 6.45) is 3.06. The Hall–Kier alpha value is -2.12. The highest BCUT2D eigenvalue weighted by atomic mass is 32.2. The Morgan fingerprint density at radius 1 is 1.23 bits per heavy atom. The second-order valence-corrected chi connectivity index (χ2v) is 8.27. The molecule has 0 aliphatic carbocycles. The maximum Gasteiger partial charge on any atom is 0.261 e. The van der Waals surface area contributed by atoms with Crippen molar-refractivity contribution < 1.29 is 17.6 Å². The third-order valence-corrected chi connectivity index (χ3v) is 6.89. The molecule has 0 radical (unpaired) electrons. The predicted octanol–water partition coefficient (Wildman–Crippen LogP) is 3.21. The monoisotopic (exact) mass is 376 g/mol. The van der Waals surface area contributed by atoms with Crippen LogP contribution in [0.4, 0.5) is 5.69 Å². The van der Waals surface area contributed by atoms with Crippen LogP contribution in [0.15, 0.2) is 39.8 Å². The van der Waals surface area contributed by atoms with E-state index in [1.165, 1.54) is 10.6 Å². The van der Waals surface area contributed by atoms with E-state index in [4.69, 9.17) is 4.42 Å². The van der Waals surface area contributed by atoms with Crippen LogP contribution in [0.3, 0.4) is 0 Å². The number of amides is 1. The number of aryl methyl sites for hydroxylation is 2. The van der Waals surface area contributed by atoms with Gasteiger partial charge in [-0.25, -0.2) is 8.42 Å². The molecule has 6 nitrogen and oxygen atoms in total. The molecule has 3 rings (SSSR count). The summed E-state index contributed by atoms with van der Waals surface area (Å²) in [5.41, 5.74) is 2.21. The molecular weight excluding hydrogens is 352 g/mol. The van der Waals surface area contributed by atoms with Gasteiger partial charge in [-0.05, 0) is 49.6 Å². The third-order valence-electron chi connectivity index (χ3n) is 4.85. The number of furan rings is 1. The Kier molecular flexibility index (Phi) is 5.20. The van der Waals surface area contributed by atoms with Crippen LogP contribution >= 0.6 is 0 Å². The Labute approximate surface area is 154 Å². The molecule has 0 spiro atoms. The van der Waals surface area contributed by atoms with Gasteiger partial charge in [0.25, 0.3) is 5.91 Å². The second-order valence-electron chi connectivity index (χ2n) is 6.33. The van der Waals surface area contributed by atoms with Crippen molar-refractivity contribution in [3.05, 3.63) is 47.4 Å². The summed E-state index contributed by atoms with van der Waals surface area (Å²) in [7, 11) is -3.51. The molecule has 1 amide bonds. The molecule has 0 N–H and O–H groups in total. The molecule has 1 aromatic heterocycles. The fourth-order valence-electron chi connectivity index (χ4n) is 3.41. The minimum absolute atomic E-state index is 0.114. The van der Waals surface area contributed by atoms with E-state index in [2.05, 4.69) is 0 Å².